The lowest BCUT2D eigenvalue weighted by atomic mass is 10.2. The summed E-state index contributed by atoms with van der Waals surface area (Å²) in [6.07, 6.45) is 0.777. The summed E-state index contributed by atoms with van der Waals surface area (Å²) in [5, 5.41) is 0. The molecule has 1 heterocycles. The van der Waals surface area contributed by atoms with Gasteiger partial charge in [-0.2, -0.15) is 0 Å². The molecule has 0 radical (unpaired) electrons. The third-order valence-electron chi connectivity index (χ3n) is 4.23. The van der Waals surface area contributed by atoms with Crippen molar-refractivity contribution in [2.24, 2.45) is 0 Å². The molecule has 0 N–H and O–H groups in total. The van der Waals surface area contributed by atoms with Crippen molar-refractivity contribution in [1.29, 1.82) is 0 Å². The van der Waals surface area contributed by atoms with Crippen molar-refractivity contribution in [2.45, 2.75) is 11.3 Å². The van der Waals surface area contributed by atoms with Gasteiger partial charge in [0.2, 0.25) is 0 Å². The Kier molecular flexibility index (Phi) is 5.20. The van der Waals surface area contributed by atoms with Crippen molar-refractivity contribution in [3.63, 3.8) is 0 Å². The number of rotatable bonds is 2. The number of benzene rings is 2. The minimum atomic E-state index is -0.0189. The Morgan fingerprint density at radius 3 is 2.00 bits per heavy atom. The maximum atomic E-state index is 12.7. The first-order valence-corrected chi connectivity index (χ1v) is 8.53. The molecule has 1 aliphatic rings. The van der Waals surface area contributed by atoms with Gasteiger partial charge in [-0.15, -0.1) is 12.6 Å². The van der Waals surface area contributed by atoms with Gasteiger partial charge in [-0.3, -0.25) is 9.59 Å². The quantitative estimate of drug-likeness (QED) is 0.854. The zero-order valence-electron chi connectivity index (χ0n) is 13.4. The fraction of sp³-hybridized carbons (Fsp3) is 0.263. The van der Waals surface area contributed by atoms with Crippen LogP contribution in [0.3, 0.4) is 0 Å². The molecule has 2 amide bonds. The highest BCUT2D eigenvalue weighted by atomic mass is 32.1. The second kappa shape index (κ2) is 7.53. The molecule has 0 spiro atoms. The molecule has 1 saturated heterocycles. The lowest BCUT2D eigenvalue weighted by Crippen LogP contribution is -2.37. The molecular formula is C19H20N2O2S. The fourth-order valence-corrected chi connectivity index (χ4v) is 3.17. The number of thiol groups is 1. The fourth-order valence-electron chi connectivity index (χ4n) is 2.91. The van der Waals surface area contributed by atoms with Gasteiger partial charge in [-0.05, 0) is 30.7 Å². The third kappa shape index (κ3) is 3.62. The number of amides is 2. The van der Waals surface area contributed by atoms with Crippen LogP contribution in [0.2, 0.25) is 0 Å². The molecule has 24 heavy (non-hydrogen) atoms. The molecule has 5 heteroatoms. The largest absolute Gasteiger partial charge is 0.337 e. The van der Waals surface area contributed by atoms with E-state index in [-0.39, 0.29) is 11.8 Å². The van der Waals surface area contributed by atoms with Crippen molar-refractivity contribution in [3.8, 4) is 0 Å². The van der Waals surface area contributed by atoms with Gasteiger partial charge < -0.3 is 9.80 Å². The molecule has 3 rings (SSSR count). The van der Waals surface area contributed by atoms with Gasteiger partial charge >= 0.3 is 0 Å². The van der Waals surface area contributed by atoms with Crippen LogP contribution in [0, 0.1) is 0 Å². The van der Waals surface area contributed by atoms with Crippen molar-refractivity contribution in [3.05, 3.63) is 65.7 Å². The number of nitrogens with zero attached hydrogens (tertiary/aromatic N) is 2. The van der Waals surface area contributed by atoms with Gasteiger partial charge in [-0.1, -0.05) is 30.3 Å². The predicted molar refractivity (Wildman–Crippen MR) is 96.6 cm³/mol. The first kappa shape index (κ1) is 16.6. The summed E-state index contributed by atoms with van der Waals surface area (Å²) in [5.41, 5.74) is 1.31. The number of carbonyl (C=O) groups excluding carboxylic acids is 2. The van der Waals surface area contributed by atoms with E-state index >= 15 is 0 Å². The van der Waals surface area contributed by atoms with Crippen molar-refractivity contribution in [2.75, 3.05) is 26.2 Å². The van der Waals surface area contributed by atoms with Gasteiger partial charge in [0.25, 0.3) is 11.8 Å². The summed E-state index contributed by atoms with van der Waals surface area (Å²) >= 11 is 4.37. The zero-order valence-corrected chi connectivity index (χ0v) is 14.3. The van der Waals surface area contributed by atoms with Crippen LogP contribution < -0.4 is 0 Å². The second-order valence-corrected chi connectivity index (χ2v) is 6.30. The van der Waals surface area contributed by atoms with E-state index in [0.717, 1.165) is 6.42 Å². The Balaban J connectivity index is 1.68. The maximum absolute atomic E-state index is 12.7. The van der Waals surface area contributed by atoms with E-state index in [1.807, 2.05) is 58.3 Å². The van der Waals surface area contributed by atoms with E-state index in [1.54, 1.807) is 6.07 Å². The highest BCUT2D eigenvalue weighted by Crippen LogP contribution is 2.17. The topological polar surface area (TPSA) is 40.6 Å². The van der Waals surface area contributed by atoms with E-state index in [4.69, 9.17) is 0 Å². The van der Waals surface area contributed by atoms with Gasteiger partial charge in [-0.25, -0.2) is 0 Å². The molecule has 2 aromatic rings. The first-order chi connectivity index (χ1) is 11.7. The third-order valence-corrected chi connectivity index (χ3v) is 4.62. The predicted octanol–water partition coefficient (Wildman–Crippen LogP) is 2.96. The monoisotopic (exact) mass is 340 g/mol. The minimum absolute atomic E-state index is 0.0189. The smallest absolute Gasteiger partial charge is 0.255 e. The Morgan fingerprint density at radius 2 is 1.33 bits per heavy atom. The maximum Gasteiger partial charge on any atom is 0.255 e. The highest BCUT2D eigenvalue weighted by Gasteiger charge is 2.24. The lowest BCUT2D eigenvalue weighted by Gasteiger charge is -2.22. The summed E-state index contributed by atoms with van der Waals surface area (Å²) in [4.78, 5) is 29.6. The summed E-state index contributed by atoms with van der Waals surface area (Å²) in [6.45, 7) is 2.41. The molecule has 124 valence electrons. The molecule has 1 fully saturated rings. The lowest BCUT2D eigenvalue weighted by molar-refractivity contribution is 0.0717. The van der Waals surface area contributed by atoms with Crippen LogP contribution in [-0.4, -0.2) is 47.8 Å². The van der Waals surface area contributed by atoms with E-state index in [9.17, 15) is 9.59 Å². The van der Waals surface area contributed by atoms with Gasteiger partial charge in [0.15, 0.2) is 0 Å². The van der Waals surface area contributed by atoms with E-state index in [0.29, 0.717) is 42.2 Å². The van der Waals surface area contributed by atoms with E-state index in [1.165, 1.54) is 0 Å². The molecule has 1 aliphatic heterocycles. The molecule has 0 atom stereocenters. The summed E-state index contributed by atoms with van der Waals surface area (Å²) < 4.78 is 0. The number of hydrogen-bond donors (Lipinski definition) is 1. The molecule has 0 aromatic heterocycles. The SMILES string of the molecule is O=C(c1ccccc1)N1CCCN(C(=O)c2ccccc2S)CC1. The van der Waals surface area contributed by atoms with Crippen LogP contribution in [-0.2, 0) is 0 Å². The Morgan fingerprint density at radius 1 is 0.750 bits per heavy atom. The van der Waals surface area contributed by atoms with Crippen LogP contribution in [0.25, 0.3) is 0 Å². The Bertz CT molecular complexity index is 733. The van der Waals surface area contributed by atoms with E-state index < -0.39 is 0 Å². The Labute approximate surface area is 147 Å². The van der Waals surface area contributed by atoms with Crippen LogP contribution in [0.15, 0.2) is 59.5 Å². The van der Waals surface area contributed by atoms with Gasteiger partial charge in [0.05, 0.1) is 5.56 Å². The van der Waals surface area contributed by atoms with Crippen molar-refractivity contribution in [1.82, 2.24) is 9.80 Å². The number of carbonyl (C=O) groups is 2. The number of hydrogen-bond acceptors (Lipinski definition) is 3. The molecule has 0 bridgehead atoms. The first-order valence-electron chi connectivity index (χ1n) is 8.08. The molecule has 0 aliphatic carbocycles. The normalized spacial score (nSPS) is 15.0. The van der Waals surface area contributed by atoms with E-state index in [2.05, 4.69) is 12.6 Å². The average molecular weight is 340 g/mol. The van der Waals surface area contributed by atoms with Crippen LogP contribution >= 0.6 is 12.6 Å². The summed E-state index contributed by atoms with van der Waals surface area (Å²) in [5.74, 6) is 0.00843. The molecule has 0 unspecified atom stereocenters. The minimum Gasteiger partial charge on any atom is -0.337 e. The molecule has 0 saturated carbocycles. The highest BCUT2D eigenvalue weighted by molar-refractivity contribution is 7.80. The van der Waals surface area contributed by atoms with Gasteiger partial charge in [0, 0.05) is 36.6 Å². The van der Waals surface area contributed by atoms with Crippen molar-refractivity contribution >= 4 is 24.4 Å². The zero-order chi connectivity index (χ0) is 16.9. The van der Waals surface area contributed by atoms with Crippen molar-refractivity contribution < 1.29 is 9.59 Å². The average Bonchev–Trinajstić information content (AvgIpc) is 2.88. The molecule has 2 aromatic carbocycles. The van der Waals surface area contributed by atoms with Gasteiger partial charge in [0.1, 0.15) is 0 Å². The molecular weight excluding hydrogens is 320 g/mol. The summed E-state index contributed by atoms with van der Waals surface area (Å²) in [6, 6.07) is 16.6. The Hall–Kier alpha value is -2.27. The molecule has 4 nitrogen and oxygen atoms in total. The van der Waals surface area contributed by atoms with Crippen LogP contribution in [0.1, 0.15) is 27.1 Å². The standard InChI is InChI=1S/C19H20N2O2S/c22-18(15-7-2-1-3-8-15)20-11-6-12-21(14-13-20)19(23)16-9-4-5-10-17(16)24/h1-5,7-10,24H,6,11-14H2. The van der Waals surface area contributed by atoms with Crippen LogP contribution in [0.5, 0.6) is 0 Å². The second-order valence-electron chi connectivity index (χ2n) is 5.82. The summed E-state index contributed by atoms with van der Waals surface area (Å²) in [7, 11) is 0. The van der Waals surface area contributed by atoms with Crippen LogP contribution in [0.4, 0.5) is 0 Å².